The summed E-state index contributed by atoms with van der Waals surface area (Å²) in [5.74, 6) is -0.411. The van der Waals surface area contributed by atoms with Gasteiger partial charge in [-0.15, -0.1) is 0 Å². The molecule has 0 fully saturated rings. The predicted molar refractivity (Wildman–Crippen MR) is 106 cm³/mol. The second-order valence-corrected chi connectivity index (χ2v) is 7.08. The Morgan fingerprint density at radius 3 is 2.59 bits per heavy atom. The first-order valence-electron chi connectivity index (χ1n) is 8.20. The topological polar surface area (TPSA) is 98.4 Å². The smallest absolute Gasteiger partial charge is 0.307 e. The van der Waals surface area contributed by atoms with Gasteiger partial charge in [-0.3, -0.25) is 4.79 Å². The molecule has 3 heterocycles. The zero-order chi connectivity index (χ0) is 19.1. The normalized spacial score (nSPS) is 11.2. The molecule has 3 aromatic heterocycles. The van der Waals surface area contributed by atoms with Crippen LogP contribution in [-0.2, 0) is 18.3 Å². The molecule has 0 aliphatic carbocycles. The van der Waals surface area contributed by atoms with Crippen LogP contribution in [0.25, 0.3) is 28.0 Å². The third-order valence-corrected chi connectivity index (χ3v) is 5.13. The van der Waals surface area contributed by atoms with Crippen molar-refractivity contribution in [2.24, 2.45) is 7.05 Å². The minimum atomic E-state index is -0.862. The van der Waals surface area contributed by atoms with E-state index in [2.05, 4.69) is 21.0 Å². The van der Waals surface area contributed by atoms with Crippen molar-refractivity contribution in [1.82, 2.24) is 19.2 Å². The van der Waals surface area contributed by atoms with Gasteiger partial charge in [-0.2, -0.15) is 9.61 Å². The van der Waals surface area contributed by atoms with Gasteiger partial charge in [-0.05, 0) is 27.6 Å². The number of nitrogen functional groups attached to an aromatic ring is 1. The molecule has 4 rings (SSSR count). The van der Waals surface area contributed by atoms with Crippen LogP contribution in [0.15, 0.2) is 53.4 Å². The van der Waals surface area contributed by atoms with Crippen molar-refractivity contribution in [3.8, 4) is 22.4 Å². The van der Waals surface area contributed by atoms with E-state index in [1.807, 2.05) is 42.2 Å². The van der Waals surface area contributed by atoms with Gasteiger partial charge in [0.15, 0.2) is 5.65 Å². The molecular weight excluding hydrogens is 410 g/mol. The Balaban J connectivity index is 1.85. The van der Waals surface area contributed by atoms with E-state index in [4.69, 9.17) is 15.8 Å². The lowest BCUT2D eigenvalue weighted by atomic mass is 10.1. The van der Waals surface area contributed by atoms with E-state index in [1.54, 1.807) is 22.8 Å². The zero-order valence-electron chi connectivity index (χ0n) is 14.4. The van der Waals surface area contributed by atoms with Crippen LogP contribution < -0.4 is 5.73 Å². The van der Waals surface area contributed by atoms with Crippen LogP contribution in [0.3, 0.4) is 0 Å². The largest absolute Gasteiger partial charge is 0.481 e. The summed E-state index contributed by atoms with van der Waals surface area (Å²) in [6.45, 7) is 0. The van der Waals surface area contributed by atoms with Gasteiger partial charge in [0, 0.05) is 36.1 Å². The van der Waals surface area contributed by atoms with Crippen LogP contribution in [0, 0.1) is 0 Å². The number of rotatable bonds is 4. The number of carbonyl (C=O) groups is 1. The van der Waals surface area contributed by atoms with Crippen LogP contribution in [-0.4, -0.2) is 30.2 Å². The van der Waals surface area contributed by atoms with E-state index in [9.17, 15) is 4.79 Å². The average molecular weight is 426 g/mol. The lowest BCUT2D eigenvalue weighted by Gasteiger charge is -2.10. The molecule has 8 heteroatoms. The molecule has 4 aromatic rings. The molecule has 3 N–H and O–H groups in total. The van der Waals surface area contributed by atoms with E-state index in [-0.39, 0.29) is 6.42 Å². The van der Waals surface area contributed by atoms with Crippen LogP contribution in [0.5, 0.6) is 0 Å². The Morgan fingerprint density at radius 1 is 1.22 bits per heavy atom. The summed E-state index contributed by atoms with van der Waals surface area (Å²) in [6, 6.07) is 9.26. The minimum absolute atomic E-state index is 0.0170. The van der Waals surface area contributed by atoms with Gasteiger partial charge in [0.1, 0.15) is 5.82 Å². The fraction of sp³-hybridized carbons (Fsp3) is 0.105. The van der Waals surface area contributed by atoms with Crippen molar-refractivity contribution >= 4 is 33.4 Å². The maximum absolute atomic E-state index is 10.9. The van der Waals surface area contributed by atoms with Gasteiger partial charge in [0.25, 0.3) is 0 Å². The molecule has 7 nitrogen and oxygen atoms in total. The molecule has 0 saturated heterocycles. The van der Waals surface area contributed by atoms with Crippen LogP contribution in [0.1, 0.15) is 5.56 Å². The van der Waals surface area contributed by atoms with Gasteiger partial charge < -0.3 is 15.4 Å². The van der Waals surface area contributed by atoms with E-state index in [1.165, 1.54) is 0 Å². The monoisotopic (exact) mass is 425 g/mol. The molecule has 0 aliphatic heterocycles. The predicted octanol–water partition coefficient (Wildman–Crippen LogP) is 3.37. The van der Waals surface area contributed by atoms with Gasteiger partial charge in [-0.1, -0.05) is 24.3 Å². The maximum Gasteiger partial charge on any atom is 0.307 e. The number of nitrogens with two attached hydrogens (primary N) is 1. The molecular formula is C19H16BrN5O2. The molecule has 0 amide bonds. The Hall–Kier alpha value is -3.13. The van der Waals surface area contributed by atoms with Gasteiger partial charge in [-0.25, -0.2) is 4.98 Å². The Labute approximate surface area is 163 Å². The fourth-order valence-electron chi connectivity index (χ4n) is 3.01. The number of benzene rings is 1. The number of fused-ring (bicyclic) bond motifs is 1. The third-order valence-electron chi connectivity index (χ3n) is 4.35. The van der Waals surface area contributed by atoms with E-state index < -0.39 is 5.97 Å². The number of carboxylic acids is 1. The molecule has 0 aliphatic rings. The first-order valence-corrected chi connectivity index (χ1v) is 8.99. The van der Waals surface area contributed by atoms with Gasteiger partial charge in [0.05, 0.1) is 22.8 Å². The van der Waals surface area contributed by atoms with Crippen molar-refractivity contribution in [3.63, 3.8) is 0 Å². The van der Waals surface area contributed by atoms with E-state index in [0.717, 1.165) is 22.3 Å². The quantitative estimate of drug-likeness (QED) is 0.522. The van der Waals surface area contributed by atoms with Crippen molar-refractivity contribution < 1.29 is 9.90 Å². The zero-order valence-corrected chi connectivity index (χ0v) is 16.0. The number of aliphatic carboxylic acids is 1. The molecule has 1 aromatic carbocycles. The minimum Gasteiger partial charge on any atom is -0.481 e. The van der Waals surface area contributed by atoms with Crippen LogP contribution in [0.4, 0.5) is 5.82 Å². The average Bonchev–Trinajstić information content (AvgIpc) is 3.24. The number of aryl methyl sites for hydroxylation is 1. The Morgan fingerprint density at radius 2 is 1.96 bits per heavy atom. The fourth-order valence-corrected chi connectivity index (χ4v) is 3.49. The highest BCUT2D eigenvalue weighted by atomic mass is 79.9. The summed E-state index contributed by atoms with van der Waals surface area (Å²) in [5, 5.41) is 13.3. The molecule has 0 atom stereocenters. The summed E-state index contributed by atoms with van der Waals surface area (Å²) in [7, 11) is 1.96. The number of anilines is 1. The van der Waals surface area contributed by atoms with Crippen LogP contribution >= 0.6 is 15.9 Å². The van der Waals surface area contributed by atoms with E-state index in [0.29, 0.717) is 21.6 Å². The van der Waals surface area contributed by atoms with Crippen molar-refractivity contribution in [3.05, 3.63) is 59.0 Å². The number of hydrogen-bond acceptors (Lipinski definition) is 4. The van der Waals surface area contributed by atoms with Crippen molar-refractivity contribution in [1.29, 1.82) is 0 Å². The molecule has 0 saturated carbocycles. The molecule has 0 spiro atoms. The molecule has 0 unspecified atom stereocenters. The van der Waals surface area contributed by atoms with Gasteiger partial charge >= 0.3 is 5.97 Å². The Kier molecular flexibility index (Phi) is 4.19. The lowest BCUT2D eigenvalue weighted by molar-refractivity contribution is -0.136. The SMILES string of the molecule is Cn1ccc(-c2cnn3c(N)c(Br)c(-c4ccc(CC(=O)O)cc4)nc23)c1. The summed E-state index contributed by atoms with van der Waals surface area (Å²) >= 11 is 3.52. The maximum atomic E-state index is 10.9. The number of halogens is 1. The number of nitrogens with zero attached hydrogens (tertiary/aromatic N) is 4. The first-order chi connectivity index (χ1) is 12.9. The van der Waals surface area contributed by atoms with Crippen molar-refractivity contribution in [2.75, 3.05) is 5.73 Å². The third kappa shape index (κ3) is 3.08. The highest BCUT2D eigenvalue weighted by Crippen LogP contribution is 2.34. The molecule has 27 heavy (non-hydrogen) atoms. The first kappa shape index (κ1) is 17.3. The Bertz CT molecular complexity index is 1160. The van der Waals surface area contributed by atoms with Crippen molar-refractivity contribution in [2.45, 2.75) is 6.42 Å². The molecule has 136 valence electrons. The summed E-state index contributed by atoms with van der Waals surface area (Å²) < 4.78 is 4.21. The summed E-state index contributed by atoms with van der Waals surface area (Å²) in [6.07, 6.45) is 5.69. The van der Waals surface area contributed by atoms with Gasteiger partial charge in [0.2, 0.25) is 0 Å². The van der Waals surface area contributed by atoms with Crippen LogP contribution in [0.2, 0.25) is 0 Å². The highest BCUT2D eigenvalue weighted by Gasteiger charge is 2.17. The second kappa shape index (κ2) is 6.55. The summed E-state index contributed by atoms with van der Waals surface area (Å²) in [5.41, 5.74) is 11.1. The number of carboxylic acid groups (broad SMARTS) is 1. The number of aromatic nitrogens is 4. The van der Waals surface area contributed by atoms with E-state index >= 15 is 0 Å². The highest BCUT2D eigenvalue weighted by molar-refractivity contribution is 9.10. The molecule has 0 bridgehead atoms. The number of hydrogen-bond donors (Lipinski definition) is 2. The molecule has 0 radical (unpaired) electrons. The summed E-state index contributed by atoms with van der Waals surface area (Å²) in [4.78, 5) is 15.7. The lowest BCUT2D eigenvalue weighted by Crippen LogP contribution is -2.04. The second-order valence-electron chi connectivity index (χ2n) is 6.29. The standard InChI is InChI=1S/C19H16BrN5O2/c1-24-7-6-13(10-24)14-9-22-25-18(21)16(20)17(23-19(14)25)12-4-2-11(3-5-12)8-15(26)27/h2-7,9-10H,8,21H2,1H3,(H,26,27).